The van der Waals surface area contributed by atoms with Gasteiger partial charge in [0.25, 0.3) is 0 Å². The molecule has 5 unspecified atom stereocenters. The van der Waals surface area contributed by atoms with Crippen molar-refractivity contribution < 1.29 is 75.8 Å². The molecule has 0 heterocycles. The lowest BCUT2D eigenvalue weighted by molar-refractivity contribution is -0.161. The average molecular weight is 1390 g/mol. The van der Waals surface area contributed by atoms with Crippen LogP contribution in [0.4, 0.5) is 0 Å². The van der Waals surface area contributed by atoms with E-state index < -0.39 is 91.5 Å². The van der Waals surface area contributed by atoms with Crippen molar-refractivity contribution in [2.45, 2.75) is 257 Å². The van der Waals surface area contributed by atoms with E-state index in [0.717, 1.165) is 161 Å². The third-order valence-electron chi connectivity index (χ3n) is 14.1. The van der Waals surface area contributed by atoms with E-state index in [4.69, 9.17) is 32.3 Å². The molecule has 0 aliphatic heterocycles. The molecule has 0 saturated heterocycles. The minimum Gasteiger partial charge on any atom is -0.463 e. The molecular weight excluding hydrogens is 1270 g/mol. The lowest BCUT2D eigenvalue weighted by atomic mass is 10.1. The molecule has 4 N–H and O–H groups in total. The van der Waals surface area contributed by atoms with Gasteiger partial charge in [-0.05, 0) is 161 Å². The topological polar surface area (TPSA) is 231 Å². The quantitative estimate of drug-likeness (QED) is 0.0146. The second-order valence-electron chi connectivity index (χ2n) is 23.3. The van der Waals surface area contributed by atoms with E-state index >= 15 is 0 Å². The highest BCUT2D eigenvalue weighted by molar-refractivity contribution is 7.47. The van der Waals surface area contributed by atoms with Crippen LogP contribution in [0.25, 0.3) is 0 Å². The summed E-state index contributed by atoms with van der Waals surface area (Å²) in [5.41, 5.74) is 0. The van der Waals surface area contributed by atoms with Crippen molar-refractivity contribution in [2.75, 3.05) is 39.6 Å². The van der Waals surface area contributed by atoms with Gasteiger partial charge in [0.1, 0.15) is 25.4 Å². The zero-order valence-corrected chi connectivity index (χ0v) is 61.2. The highest BCUT2D eigenvalue weighted by atomic mass is 31.2. The van der Waals surface area contributed by atoms with Gasteiger partial charge in [0.2, 0.25) is 0 Å². The number of allylic oxidation sites excluding steroid dienone is 30. The molecule has 5 atom stereocenters. The number of hydrogen-bond acceptors (Lipinski definition) is 14. The minimum absolute atomic E-state index is 0.0710. The second kappa shape index (κ2) is 70.5. The smallest absolute Gasteiger partial charge is 0.463 e. The number of unbranched alkanes of at least 4 members (excludes halogenated alkanes) is 13. The van der Waals surface area contributed by atoms with E-state index in [-0.39, 0.29) is 19.3 Å². The molecule has 0 aromatic heterocycles. The zero-order chi connectivity index (χ0) is 70.9. The molecule has 0 bridgehead atoms. The summed E-state index contributed by atoms with van der Waals surface area (Å²) in [7, 11) is -9.83. The SMILES string of the molecule is CC/C=C\C/C=C\C/C=C\C/C=C\C/C=C\C/C=C\CCCCC(=O)OCC(O)COP(=O)(O)OCC(O)COP(=O)(O)OCC(COC(=O)CCCC/C=C\C/C=C\C/C=C\C/C=C\C/C=C\C/C=C\CC)OC(=O)CCCCCCCC/C=C\C/C=C\C/C=C\CCCCC. The third kappa shape index (κ3) is 71.7. The Hall–Kier alpha value is -5.35. The van der Waals surface area contributed by atoms with Crippen molar-refractivity contribution >= 4 is 33.6 Å². The summed E-state index contributed by atoms with van der Waals surface area (Å²) in [6.07, 6.45) is 89.3. The molecule has 0 spiro atoms. The van der Waals surface area contributed by atoms with Gasteiger partial charge in [-0.15, -0.1) is 0 Å². The van der Waals surface area contributed by atoms with Crippen molar-refractivity contribution in [2.24, 2.45) is 0 Å². The molecule has 0 radical (unpaired) electrons. The van der Waals surface area contributed by atoms with E-state index in [9.17, 15) is 43.5 Å². The van der Waals surface area contributed by atoms with Crippen LogP contribution in [-0.4, -0.2) is 95.9 Å². The average Bonchev–Trinajstić information content (AvgIpc) is 1.90. The van der Waals surface area contributed by atoms with Crippen molar-refractivity contribution in [3.8, 4) is 0 Å². The molecule has 548 valence electrons. The summed E-state index contributed by atoms with van der Waals surface area (Å²) in [6, 6.07) is 0. The molecule has 0 aromatic carbocycles. The maximum Gasteiger partial charge on any atom is 0.472 e. The minimum atomic E-state index is -4.96. The molecule has 0 saturated carbocycles. The Balaban J connectivity index is 4.84. The van der Waals surface area contributed by atoms with Gasteiger partial charge in [0, 0.05) is 19.3 Å². The van der Waals surface area contributed by atoms with Crippen molar-refractivity contribution in [3.05, 3.63) is 182 Å². The summed E-state index contributed by atoms with van der Waals surface area (Å²) < 4.78 is 60.9. The van der Waals surface area contributed by atoms with Gasteiger partial charge in [0.05, 0.1) is 26.4 Å². The first-order valence-corrected chi connectivity index (χ1v) is 39.1. The Morgan fingerprint density at radius 2 is 0.546 bits per heavy atom. The predicted octanol–water partition coefficient (Wildman–Crippen LogP) is 20.6. The van der Waals surface area contributed by atoms with Crippen molar-refractivity contribution in [3.63, 3.8) is 0 Å². The molecule has 0 fully saturated rings. The fraction of sp³-hybridized carbons (Fsp3) is 0.582. The molecular formula is C79H126O16P2. The van der Waals surface area contributed by atoms with Gasteiger partial charge in [-0.1, -0.05) is 242 Å². The Morgan fingerprint density at radius 1 is 0.299 bits per heavy atom. The monoisotopic (exact) mass is 1390 g/mol. The summed E-state index contributed by atoms with van der Waals surface area (Å²) >= 11 is 0. The number of rotatable bonds is 66. The van der Waals surface area contributed by atoms with E-state index in [1.165, 1.54) is 19.3 Å². The molecule has 0 aliphatic carbocycles. The molecule has 18 heteroatoms. The lowest BCUT2D eigenvalue weighted by Crippen LogP contribution is -2.30. The van der Waals surface area contributed by atoms with Gasteiger partial charge in [0.15, 0.2) is 6.10 Å². The van der Waals surface area contributed by atoms with E-state index in [2.05, 4.69) is 203 Å². The van der Waals surface area contributed by atoms with Crippen LogP contribution in [0.15, 0.2) is 182 Å². The van der Waals surface area contributed by atoms with E-state index in [1.807, 2.05) is 0 Å². The standard InChI is InChI=1S/C79H126O16P2/c1-4-7-10-13-16-19-22-25-28-31-34-36-39-41-44-47-50-53-56-59-62-65-77(82)89-68-74(80)69-91-96(85,86)92-70-75(81)71-93-97(87,88)94-73-76(95-79(84)67-64-61-58-55-52-49-46-43-38-33-30-27-24-21-18-15-12-9-6-3)72-90-78(83)66-63-60-57-54-51-48-45-42-40-37-35-32-29-26-23-20-17-14-11-8-5-2/h7-8,10-11,16-21,25-30,34-38,41-45,50-51,53-54,74-76,80-81H,4-6,9,12-15,22-24,31-33,39-40,46-49,52,55-73H2,1-3H3,(H,85,86)(H,87,88)/b10-7-,11-8-,19-16-,20-17-,21-18-,28-25-,29-26-,30-27-,36-34-,37-35-,43-38-,44-41-,45-42-,53-50-,54-51-. The van der Waals surface area contributed by atoms with Gasteiger partial charge in [-0.3, -0.25) is 32.5 Å². The number of aliphatic hydroxyl groups excluding tert-OH is 2. The number of carbonyl (C=O) groups excluding carboxylic acids is 3. The largest absolute Gasteiger partial charge is 0.472 e. The Labute approximate surface area is 585 Å². The molecule has 16 nitrogen and oxygen atoms in total. The maximum absolute atomic E-state index is 13.0. The van der Waals surface area contributed by atoms with Crippen LogP contribution >= 0.6 is 15.6 Å². The van der Waals surface area contributed by atoms with Gasteiger partial charge < -0.3 is 34.2 Å². The summed E-state index contributed by atoms with van der Waals surface area (Å²) in [5, 5.41) is 20.6. The number of ether oxygens (including phenoxy) is 3. The Bertz CT molecular complexity index is 2490. The number of hydrogen-bond donors (Lipinski definition) is 4. The van der Waals surface area contributed by atoms with Crippen LogP contribution < -0.4 is 0 Å². The van der Waals surface area contributed by atoms with E-state index in [1.54, 1.807) is 0 Å². The predicted molar refractivity (Wildman–Crippen MR) is 398 cm³/mol. The normalized spacial score (nSPS) is 15.2. The lowest BCUT2D eigenvalue weighted by Gasteiger charge is -2.21. The van der Waals surface area contributed by atoms with Crippen LogP contribution in [0.2, 0.25) is 0 Å². The molecule has 0 rings (SSSR count). The second-order valence-corrected chi connectivity index (χ2v) is 26.2. The fourth-order valence-corrected chi connectivity index (χ4v) is 10.2. The third-order valence-corrected chi connectivity index (χ3v) is 16.0. The number of aliphatic hydroxyl groups is 2. The van der Waals surface area contributed by atoms with Crippen LogP contribution in [-0.2, 0) is 55.8 Å². The number of carbonyl (C=O) groups is 3. The highest BCUT2D eigenvalue weighted by Gasteiger charge is 2.29. The van der Waals surface area contributed by atoms with Crippen LogP contribution in [0.1, 0.15) is 239 Å². The van der Waals surface area contributed by atoms with Crippen LogP contribution in [0.3, 0.4) is 0 Å². The van der Waals surface area contributed by atoms with E-state index in [0.29, 0.717) is 19.3 Å². The highest BCUT2D eigenvalue weighted by Crippen LogP contribution is 2.45. The number of phosphoric ester groups is 2. The summed E-state index contributed by atoms with van der Waals surface area (Å²) in [5.74, 6) is -1.70. The first-order valence-electron chi connectivity index (χ1n) is 36.1. The fourth-order valence-electron chi connectivity index (χ4n) is 8.64. The van der Waals surface area contributed by atoms with Gasteiger partial charge in [-0.25, -0.2) is 9.13 Å². The molecule has 97 heavy (non-hydrogen) atoms. The molecule has 0 aromatic rings. The van der Waals surface area contributed by atoms with Gasteiger partial charge >= 0.3 is 33.6 Å². The molecule has 0 amide bonds. The molecule has 0 aliphatic rings. The van der Waals surface area contributed by atoms with Crippen LogP contribution in [0, 0.1) is 0 Å². The van der Waals surface area contributed by atoms with Crippen molar-refractivity contribution in [1.29, 1.82) is 0 Å². The zero-order valence-electron chi connectivity index (χ0n) is 59.4. The van der Waals surface area contributed by atoms with Crippen LogP contribution in [0.5, 0.6) is 0 Å². The first-order chi connectivity index (χ1) is 47.2. The Kier molecular flexibility index (Phi) is 66.6. The van der Waals surface area contributed by atoms with Gasteiger partial charge in [-0.2, -0.15) is 0 Å². The van der Waals surface area contributed by atoms with Crippen molar-refractivity contribution in [1.82, 2.24) is 0 Å². The number of phosphoric acid groups is 2. The maximum atomic E-state index is 13.0. The Morgan fingerprint density at radius 3 is 0.887 bits per heavy atom. The summed E-state index contributed by atoms with van der Waals surface area (Å²) in [6.45, 7) is 2.26. The number of esters is 3. The summed E-state index contributed by atoms with van der Waals surface area (Å²) in [4.78, 5) is 58.5. The first kappa shape index (κ1) is 91.6.